The lowest BCUT2D eigenvalue weighted by Gasteiger charge is -2.19. The summed E-state index contributed by atoms with van der Waals surface area (Å²) in [7, 11) is 0.504. The molecule has 0 saturated carbocycles. The van der Waals surface area contributed by atoms with Gasteiger partial charge in [-0.2, -0.15) is 4.31 Å². The van der Waals surface area contributed by atoms with Gasteiger partial charge in [0.25, 0.3) is 0 Å². The van der Waals surface area contributed by atoms with Gasteiger partial charge in [-0.25, -0.2) is 8.42 Å². The highest BCUT2D eigenvalue weighted by atomic mass is 32.2. The van der Waals surface area contributed by atoms with Crippen molar-refractivity contribution in [1.29, 1.82) is 0 Å². The van der Waals surface area contributed by atoms with Crippen LogP contribution in [0.25, 0.3) is 6.08 Å². The highest BCUT2D eigenvalue weighted by Gasteiger charge is 2.17. The number of rotatable bonds is 7. The molecule has 2 rings (SSSR count). The Labute approximate surface area is 145 Å². The zero-order chi connectivity index (χ0) is 17.6. The van der Waals surface area contributed by atoms with Crippen molar-refractivity contribution in [1.82, 2.24) is 4.31 Å². The van der Waals surface area contributed by atoms with Crippen LogP contribution in [-0.4, -0.2) is 33.4 Å². The average molecular weight is 344 g/mol. The normalized spacial score (nSPS) is 12.0. The van der Waals surface area contributed by atoms with Crippen LogP contribution < -0.4 is 4.90 Å². The van der Waals surface area contributed by atoms with Gasteiger partial charge in [0.1, 0.15) is 0 Å². The highest BCUT2D eigenvalue weighted by Crippen LogP contribution is 2.16. The Balaban J connectivity index is 2.13. The van der Waals surface area contributed by atoms with Gasteiger partial charge in [0.15, 0.2) is 0 Å². The first-order chi connectivity index (χ1) is 11.4. The minimum atomic E-state index is -3.45. The van der Waals surface area contributed by atoms with Crippen LogP contribution in [0.15, 0.2) is 60.0 Å². The van der Waals surface area contributed by atoms with Crippen molar-refractivity contribution in [3.63, 3.8) is 0 Å². The van der Waals surface area contributed by atoms with Crippen LogP contribution in [0, 0.1) is 0 Å². The zero-order valence-electron chi connectivity index (χ0n) is 14.4. The summed E-state index contributed by atoms with van der Waals surface area (Å²) in [5.74, 6) is 0. The molecule has 0 aliphatic carbocycles. The van der Waals surface area contributed by atoms with E-state index in [1.54, 1.807) is 6.08 Å². The molecular formula is C19H24N2O2S. The minimum Gasteiger partial charge on any atom is -0.378 e. The second-order valence-corrected chi connectivity index (χ2v) is 7.56. The largest absolute Gasteiger partial charge is 0.378 e. The molecule has 0 bridgehead atoms. The quantitative estimate of drug-likeness (QED) is 0.771. The van der Waals surface area contributed by atoms with Crippen LogP contribution >= 0.6 is 0 Å². The lowest BCUT2D eigenvalue weighted by Crippen LogP contribution is -2.28. The van der Waals surface area contributed by atoms with Crippen molar-refractivity contribution in [2.45, 2.75) is 13.5 Å². The van der Waals surface area contributed by atoms with E-state index in [1.807, 2.05) is 80.5 Å². The van der Waals surface area contributed by atoms with E-state index in [0.717, 1.165) is 16.8 Å². The number of anilines is 1. The van der Waals surface area contributed by atoms with Crippen LogP contribution in [0.5, 0.6) is 0 Å². The van der Waals surface area contributed by atoms with E-state index in [4.69, 9.17) is 0 Å². The molecule has 5 heteroatoms. The Morgan fingerprint density at radius 2 is 1.58 bits per heavy atom. The Morgan fingerprint density at radius 1 is 0.958 bits per heavy atom. The van der Waals surface area contributed by atoms with Crippen LogP contribution in [-0.2, 0) is 16.6 Å². The third-order valence-electron chi connectivity index (χ3n) is 3.76. The Hall–Kier alpha value is -2.11. The highest BCUT2D eigenvalue weighted by molar-refractivity contribution is 7.92. The molecule has 0 unspecified atom stereocenters. The summed E-state index contributed by atoms with van der Waals surface area (Å²) < 4.78 is 26.6. The van der Waals surface area contributed by atoms with E-state index in [1.165, 1.54) is 9.71 Å². The van der Waals surface area contributed by atoms with Crippen molar-refractivity contribution in [3.8, 4) is 0 Å². The monoisotopic (exact) mass is 344 g/mol. The number of nitrogens with zero attached hydrogens (tertiary/aromatic N) is 2. The molecule has 0 aliphatic rings. The Bertz CT molecular complexity index is 767. The summed E-state index contributed by atoms with van der Waals surface area (Å²) in [5, 5.41) is 1.28. The molecule has 0 amide bonds. The van der Waals surface area contributed by atoms with Crippen molar-refractivity contribution < 1.29 is 8.42 Å². The van der Waals surface area contributed by atoms with Crippen molar-refractivity contribution >= 4 is 21.8 Å². The third-order valence-corrected chi connectivity index (χ3v) is 5.34. The molecular weight excluding hydrogens is 320 g/mol. The van der Waals surface area contributed by atoms with Crippen LogP contribution in [0.1, 0.15) is 18.1 Å². The molecule has 0 atom stereocenters. The fraction of sp³-hybridized carbons (Fsp3) is 0.263. The first-order valence-corrected chi connectivity index (χ1v) is 9.42. The lowest BCUT2D eigenvalue weighted by atomic mass is 10.2. The number of benzene rings is 2. The lowest BCUT2D eigenvalue weighted by molar-refractivity contribution is 0.430. The van der Waals surface area contributed by atoms with Gasteiger partial charge in [-0.1, -0.05) is 49.4 Å². The molecule has 0 saturated heterocycles. The minimum absolute atomic E-state index is 0.367. The zero-order valence-corrected chi connectivity index (χ0v) is 15.2. The fourth-order valence-electron chi connectivity index (χ4n) is 2.30. The second-order valence-electron chi connectivity index (χ2n) is 5.75. The van der Waals surface area contributed by atoms with Crippen molar-refractivity contribution in [2.24, 2.45) is 0 Å². The third kappa shape index (κ3) is 4.94. The summed E-state index contributed by atoms with van der Waals surface area (Å²) in [6, 6.07) is 17.4. The van der Waals surface area contributed by atoms with E-state index in [0.29, 0.717) is 13.1 Å². The smallest absolute Gasteiger partial charge is 0.236 e. The molecule has 4 nitrogen and oxygen atoms in total. The van der Waals surface area contributed by atoms with Gasteiger partial charge < -0.3 is 4.90 Å². The molecule has 2 aromatic carbocycles. The molecule has 0 radical (unpaired) electrons. The second kappa shape index (κ2) is 8.13. The number of hydrogen-bond acceptors (Lipinski definition) is 3. The van der Waals surface area contributed by atoms with Gasteiger partial charge in [0.05, 0.1) is 0 Å². The summed E-state index contributed by atoms with van der Waals surface area (Å²) in [5.41, 5.74) is 2.93. The van der Waals surface area contributed by atoms with E-state index >= 15 is 0 Å². The maximum atomic E-state index is 12.5. The van der Waals surface area contributed by atoms with Gasteiger partial charge >= 0.3 is 0 Å². The Morgan fingerprint density at radius 3 is 2.12 bits per heavy atom. The summed E-state index contributed by atoms with van der Waals surface area (Å²) in [4.78, 5) is 2.01. The van der Waals surface area contributed by atoms with E-state index in [9.17, 15) is 8.42 Å². The van der Waals surface area contributed by atoms with Gasteiger partial charge in [0.2, 0.25) is 10.0 Å². The topological polar surface area (TPSA) is 40.6 Å². The van der Waals surface area contributed by atoms with Gasteiger partial charge in [-0.3, -0.25) is 0 Å². The molecule has 2 aromatic rings. The number of sulfonamides is 1. The van der Waals surface area contributed by atoms with Crippen LogP contribution in [0.3, 0.4) is 0 Å². The predicted octanol–water partition coefficient (Wildman–Crippen LogP) is 3.58. The van der Waals surface area contributed by atoms with Gasteiger partial charge in [-0.05, 0) is 29.3 Å². The maximum absolute atomic E-state index is 12.5. The fourth-order valence-corrected chi connectivity index (χ4v) is 3.49. The van der Waals surface area contributed by atoms with Crippen LogP contribution in [0.4, 0.5) is 5.69 Å². The van der Waals surface area contributed by atoms with Crippen molar-refractivity contribution in [3.05, 3.63) is 71.1 Å². The van der Waals surface area contributed by atoms with E-state index in [-0.39, 0.29) is 0 Å². The maximum Gasteiger partial charge on any atom is 0.236 e. The van der Waals surface area contributed by atoms with Crippen LogP contribution in [0.2, 0.25) is 0 Å². The number of hydrogen-bond donors (Lipinski definition) is 0. The molecule has 0 fully saturated rings. The molecule has 0 spiro atoms. The van der Waals surface area contributed by atoms with Crippen molar-refractivity contribution in [2.75, 3.05) is 25.5 Å². The van der Waals surface area contributed by atoms with E-state index in [2.05, 4.69) is 0 Å². The molecule has 128 valence electrons. The van der Waals surface area contributed by atoms with Gasteiger partial charge in [0, 0.05) is 38.3 Å². The standard InChI is InChI=1S/C19H24N2O2S/c1-4-21(16-18-10-12-19(13-11-18)20(2)3)24(22,23)15-14-17-8-6-5-7-9-17/h5-15H,4,16H2,1-3H3/b15-14+. The first kappa shape index (κ1) is 18.2. The van der Waals surface area contributed by atoms with Gasteiger partial charge in [-0.15, -0.1) is 0 Å². The summed E-state index contributed by atoms with van der Waals surface area (Å²) >= 11 is 0. The summed E-state index contributed by atoms with van der Waals surface area (Å²) in [6.07, 6.45) is 1.63. The Kier molecular flexibility index (Phi) is 6.17. The predicted molar refractivity (Wildman–Crippen MR) is 101 cm³/mol. The molecule has 0 aliphatic heterocycles. The average Bonchev–Trinajstić information content (AvgIpc) is 2.59. The van der Waals surface area contributed by atoms with E-state index < -0.39 is 10.0 Å². The SMILES string of the molecule is CCN(Cc1ccc(N(C)C)cc1)S(=O)(=O)/C=C/c1ccccc1. The molecule has 24 heavy (non-hydrogen) atoms. The first-order valence-electron chi connectivity index (χ1n) is 7.92. The molecule has 0 N–H and O–H groups in total. The summed E-state index contributed by atoms with van der Waals surface area (Å²) in [6.45, 7) is 2.64. The molecule has 0 aromatic heterocycles. The molecule has 0 heterocycles.